The second kappa shape index (κ2) is 10.2. The minimum atomic E-state index is -0.712. The molecule has 2 aliphatic rings. The maximum atomic E-state index is 10.8. The molecule has 0 amide bonds. The molecule has 2 aromatic rings. The summed E-state index contributed by atoms with van der Waals surface area (Å²) in [7, 11) is 0. The number of allylic oxidation sites excluding steroid dienone is 5. The van der Waals surface area contributed by atoms with E-state index in [-0.39, 0.29) is 23.3 Å². The van der Waals surface area contributed by atoms with Crippen LogP contribution in [0.3, 0.4) is 0 Å². The van der Waals surface area contributed by atoms with Gasteiger partial charge in [-0.15, -0.1) is 0 Å². The molecule has 0 saturated heterocycles. The zero-order valence-electron chi connectivity index (χ0n) is 21.4. The summed E-state index contributed by atoms with van der Waals surface area (Å²) in [5.74, 6) is -0.712. The first kappa shape index (κ1) is 24.8. The maximum absolute atomic E-state index is 10.8. The van der Waals surface area contributed by atoms with Crippen LogP contribution in [0.15, 0.2) is 84.6 Å². The zero-order chi connectivity index (χ0) is 25.1. The van der Waals surface area contributed by atoms with Crippen molar-refractivity contribution in [1.29, 1.82) is 0 Å². The summed E-state index contributed by atoms with van der Waals surface area (Å²) in [6, 6.07) is 17.5. The normalized spacial score (nSPS) is 21.0. The van der Waals surface area contributed by atoms with Gasteiger partial charge in [0.25, 0.3) is 0 Å². The van der Waals surface area contributed by atoms with Gasteiger partial charge in [-0.1, -0.05) is 94.8 Å². The fourth-order valence-corrected chi connectivity index (χ4v) is 5.47. The van der Waals surface area contributed by atoms with E-state index in [9.17, 15) is 4.79 Å². The SMILES string of the molecule is CC1(C)\C(=C/C=C/C=C/C2Nc3ccccc3C2(C)C)N(CCCCCC(=O)O)c2ccccc21. The molecule has 0 bridgehead atoms. The number of carboxylic acids is 1. The van der Waals surface area contributed by atoms with Crippen LogP contribution < -0.4 is 10.2 Å². The van der Waals surface area contributed by atoms with Gasteiger partial charge in [-0.25, -0.2) is 0 Å². The molecular formula is C31H38N2O2. The summed E-state index contributed by atoms with van der Waals surface area (Å²) < 4.78 is 0. The molecule has 0 fully saturated rings. The van der Waals surface area contributed by atoms with Crippen LogP contribution in [-0.2, 0) is 15.6 Å². The van der Waals surface area contributed by atoms with Gasteiger partial charge in [-0.05, 0) is 42.2 Å². The van der Waals surface area contributed by atoms with Crippen molar-refractivity contribution in [2.45, 2.75) is 70.3 Å². The molecule has 4 heteroatoms. The first-order valence-corrected chi connectivity index (χ1v) is 12.7. The number of hydrogen-bond acceptors (Lipinski definition) is 3. The molecule has 4 rings (SSSR count). The Labute approximate surface area is 210 Å². The number of carboxylic acid groups (broad SMARTS) is 1. The van der Waals surface area contributed by atoms with E-state index in [4.69, 9.17) is 5.11 Å². The molecule has 0 radical (unpaired) electrons. The van der Waals surface area contributed by atoms with Crippen LogP contribution in [-0.4, -0.2) is 23.7 Å². The van der Waals surface area contributed by atoms with Crippen LogP contribution in [0.2, 0.25) is 0 Å². The van der Waals surface area contributed by atoms with Crippen molar-refractivity contribution in [3.05, 3.63) is 95.7 Å². The second-order valence-electron chi connectivity index (χ2n) is 10.7. The molecule has 0 saturated carbocycles. The lowest BCUT2D eigenvalue weighted by atomic mass is 9.80. The number of benzene rings is 2. The van der Waals surface area contributed by atoms with Crippen molar-refractivity contribution >= 4 is 17.3 Å². The fraction of sp³-hybridized carbons (Fsp3) is 0.387. The summed E-state index contributed by atoms with van der Waals surface area (Å²) in [4.78, 5) is 13.3. The van der Waals surface area contributed by atoms with Gasteiger partial charge >= 0.3 is 5.97 Å². The lowest BCUT2D eigenvalue weighted by molar-refractivity contribution is -0.137. The Morgan fingerprint density at radius 2 is 1.66 bits per heavy atom. The van der Waals surface area contributed by atoms with Crippen LogP contribution in [0, 0.1) is 0 Å². The summed E-state index contributed by atoms with van der Waals surface area (Å²) in [5.41, 5.74) is 6.45. The molecule has 0 aliphatic carbocycles. The summed E-state index contributed by atoms with van der Waals surface area (Å²) >= 11 is 0. The van der Waals surface area contributed by atoms with Gasteiger partial charge < -0.3 is 15.3 Å². The smallest absolute Gasteiger partial charge is 0.303 e. The Balaban J connectivity index is 1.47. The number of unbranched alkanes of at least 4 members (excludes halogenated alkanes) is 2. The van der Waals surface area contributed by atoms with Crippen LogP contribution >= 0.6 is 0 Å². The van der Waals surface area contributed by atoms with E-state index < -0.39 is 5.97 Å². The van der Waals surface area contributed by atoms with Crippen LogP contribution in [0.4, 0.5) is 11.4 Å². The zero-order valence-corrected chi connectivity index (χ0v) is 21.4. The molecular weight excluding hydrogens is 432 g/mol. The Morgan fingerprint density at radius 3 is 2.40 bits per heavy atom. The van der Waals surface area contributed by atoms with Gasteiger partial charge in [0.15, 0.2) is 0 Å². The molecule has 35 heavy (non-hydrogen) atoms. The summed E-state index contributed by atoms with van der Waals surface area (Å²) in [5, 5.41) is 12.6. The van der Waals surface area contributed by atoms with Crippen molar-refractivity contribution in [1.82, 2.24) is 0 Å². The minimum absolute atomic E-state index is 0.0475. The van der Waals surface area contributed by atoms with E-state index in [0.29, 0.717) is 0 Å². The highest BCUT2D eigenvalue weighted by atomic mass is 16.4. The minimum Gasteiger partial charge on any atom is -0.481 e. The number of nitrogens with zero attached hydrogens (tertiary/aromatic N) is 1. The number of rotatable bonds is 9. The van der Waals surface area contributed by atoms with Gasteiger partial charge in [-0.3, -0.25) is 4.79 Å². The third kappa shape index (κ3) is 5.07. The van der Waals surface area contributed by atoms with E-state index in [1.54, 1.807) is 0 Å². The predicted octanol–water partition coefficient (Wildman–Crippen LogP) is 7.20. The van der Waals surface area contributed by atoms with Gasteiger partial charge in [0.05, 0.1) is 6.04 Å². The molecule has 2 aliphatic heterocycles. The molecule has 184 valence electrons. The quantitative estimate of drug-likeness (QED) is 0.301. The first-order chi connectivity index (χ1) is 16.7. The first-order valence-electron chi connectivity index (χ1n) is 12.7. The summed E-state index contributed by atoms with van der Waals surface area (Å²) in [6.07, 6.45) is 13.8. The van der Waals surface area contributed by atoms with E-state index in [1.165, 1.54) is 28.2 Å². The monoisotopic (exact) mass is 470 g/mol. The van der Waals surface area contributed by atoms with E-state index >= 15 is 0 Å². The van der Waals surface area contributed by atoms with Crippen LogP contribution in [0.1, 0.15) is 64.5 Å². The molecule has 1 atom stereocenters. The number of hydrogen-bond donors (Lipinski definition) is 2. The topological polar surface area (TPSA) is 52.6 Å². The lowest BCUT2D eigenvalue weighted by Crippen LogP contribution is -2.31. The Kier molecular flexibility index (Phi) is 7.20. The van der Waals surface area contributed by atoms with Crippen molar-refractivity contribution in [2.75, 3.05) is 16.8 Å². The van der Waals surface area contributed by atoms with E-state index in [2.05, 4.69) is 117 Å². The summed E-state index contributed by atoms with van der Waals surface area (Å²) in [6.45, 7) is 10.0. The lowest BCUT2D eigenvalue weighted by Gasteiger charge is -2.27. The van der Waals surface area contributed by atoms with Crippen molar-refractivity contribution in [3.63, 3.8) is 0 Å². The average Bonchev–Trinajstić information content (AvgIpc) is 3.20. The highest BCUT2D eigenvalue weighted by Gasteiger charge is 2.39. The largest absolute Gasteiger partial charge is 0.481 e. The van der Waals surface area contributed by atoms with Crippen molar-refractivity contribution in [2.24, 2.45) is 0 Å². The fourth-order valence-electron chi connectivity index (χ4n) is 5.47. The molecule has 1 unspecified atom stereocenters. The van der Waals surface area contributed by atoms with E-state index in [1.807, 2.05) is 0 Å². The van der Waals surface area contributed by atoms with E-state index in [0.717, 1.165) is 25.8 Å². The number of fused-ring (bicyclic) bond motifs is 2. The highest BCUT2D eigenvalue weighted by Crippen LogP contribution is 2.47. The maximum Gasteiger partial charge on any atom is 0.303 e. The Morgan fingerprint density at radius 1 is 0.943 bits per heavy atom. The van der Waals surface area contributed by atoms with Crippen LogP contribution in [0.25, 0.3) is 0 Å². The number of para-hydroxylation sites is 2. The molecule has 2 heterocycles. The molecule has 4 nitrogen and oxygen atoms in total. The Bertz CT molecular complexity index is 1160. The third-order valence-electron chi connectivity index (χ3n) is 7.56. The number of anilines is 2. The second-order valence-corrected chi connectivity index (χ2v) is 10.7. The van der Waals surface area contributed by atoms with Gasteiger partial charge in [-0.2, -0.15) is 0 Å². The van der Waals surface area contributed by atoms with Crippen LogP contribution in [0.5, 0.6) is 0 Å². The number of carbonyl (C=O) groups is 1. The molecule has 0 aromatic heterocycles. The van der Waals surface area contributed by atoms with Crippen molar-refractivity contribution in [3.8, 4) is 0 Å². The predicted molar refractivity (Wildman–Crippen MR) is 146 cm³/mol. The van der Waals surface area contributed by atoms with Crippen molar-refractivity contribution < 1.29 is 9.90 Å². The van der Waals surface area contributed by atoms with Gasteiger partial charge in [0, 0.05) is 40.9 Å². The average molecular weight is 471 g/mol. The molecule has 2 N–H and O–H groups in total. The highest BCUT2D eigenvalue weighted by molar-refractivity contribution is 5.71. The number of aliphatic carboxylic acids is 1. The van der Waals surface area contributed by atoms with Gasteiger partial charge in [0.1, 0.15) is 0 Å². The number of nitrogens with one attached hydrogen (secondary N) is 1. The third-order valence-corrected chi connectivity index (χ3v) is 7.56. The standard InChI is InChI=1S/C31H38N2O2/c1-30(2)23-15-10-12-17-25(23)32-27(30)19-7-5-8-20-28-31(3,4)24-16-11-13-18-26(24)33(28)22-14-6-9-21-29(34)35/h5,7-8,10-13,15-20,27,32H,6,9,14,21-22H2,1-4H3,(H,34,35)/b8-5+,19-7+,28-20+. The Hall–Kier alpha value is -3.27. The molecule has 0 spiro atoms. The van der Waals surface area contributed by atoms with Gasteiger partial charge in [0.2, 0.25) is 0 Å². The molecule has 2 aromatic carbocycles.